The molecule has 0 saturated carbocycles. The molecule has 2 nitrogen and oxygen atoms in total. The molecule has 2 radical (unpaired) electrons. The minimum absolute atomic E-state index is 0. The van der Waals surface area contributed by atoms with Crippen LogP contribution < -0.4 is 48.0 Å². The van der Waals surface area contributed by atoms with Gasteiger partial charge in [-0.15, -0.1) is 0 Å². The first-order chi connectivity index (χ1) is 3.79. The van der Waals surface area contributed by atoms with Crippen molar-refractivity contribution in [1.29, 1.82) is 0 Å². The van der Waals surface area contributed by atoms with Crippen LogP contribution >= 0.6 is 0 Å². The molecular weight excluding hydrogens is 759 g/mol. The molecule has 1 rings (SSSR count). The van der Waals surface area contributed by atoms with Gasteiger partial charge in [0.15, 0.2) is 0 Å². The molecule has 0 aromatic carbocycles. The van der Waals surface area contributed by atoms with Gasteiger partial charge in [-0.3, -0.25) is 0 Å². The van der Waals surface area contributed by atoms with E-state index < -0.39 is 0 Å². The fourth-order valence-electron chi connectivity index (χ4n) is 0.583. The van der Waals surface area contributed by atoms with Gasteiger partial charge in [0.25, 0.3) is 0 Å². The molecule has 64 valence electrons. The number of ether oxygens (including phenoxy) is 2. The van der Waals surface area contributed by atoms with Crippen molar-refractivity contribution in [2.75, 3.05) is 13.2 Å². The van der Waals surface area contributed by atoms with Crippen LogP contribution in [-0.2, 0) is 64.8 Å². The Morgan fingerprint density at radius 2 is 1.58 bits per heavy atom. The molecule has 2 unspecified atom stereocenters. The molecule has 0 spiro atoms. The molecule has 1 aliphatic heterocycles. The van der Waals surface area contributed by atoms with Crippen molar-refractivity contribution >= 4 is 0 Å². The second-order valence-corrected chi connectivity index (χ2v) is 1.91. The zero-order valence-electron chi connectivity index (χ0n) is 6.97. The summed E-state index contributed by atoms with van der Waals surface area (Å²) >= 11 is 0. The van der Waals surface area contributed by atoms with Crippen molar-refractivity contribution in [2.24, 2.45) is 0 Å². The maximum Gasteiger partial charge on any atom is 1.00 e. The average Bonchev–Trinajstić information content (AvgIpc) is 1.77. The largest absolute Gasteiger partial charge is 1.00 e. The van der Waals surface area contributed by atoms with Crippen molar-refractivity contribution in [2.45, 2.75) is 12.2 Å². The summed E-state index contributed by atoms with van der Waals surface area (Å²) in [7, 11) is 0. The molecule has 1 heterocycles. The van der Waals surface area contributed by atoms with Gasteiger partial charge in [0.05, 0.1) is 6.92 Å². The van der Waals surface area contributed by atoms with Gasteiger partial charge in [0, 0.05) is 6.61 Å². The zero-order valence-corrected chi connectivity index (χ0v) is 22.3. The first-order valence-corrected chi connectivity index (χ1v) is 2.68. The predicted octanol–water partition coefficient (Wildman–Crippen LogP) is -5.56. The first kappa shape index (κ1) is 24.4. The van der Waals surface area contributed by atoms with E-state index in [2.05, 4.69) is 13.8 Å². The zero-order chi connectivity index (χ0) is 5.98. The van der Waals surface area contributed by atoms with E-state index in [0.29, 0.717) is 13.2 Å². The van der Waals surface area contributed by atoms with Crippen molar-refractivity contribution in [3.05, 3.63) is 13.8 Å². The Bertz CT molecular complexity index is 69.9. The van der Waals surface area contributed by atoms with E-state index in [1.165, 1.54) is 0 Å². The van der Waals surface area contributed by atoms with Gasteiger partial charge in [-0.25, -0.2) is 0 Å². The number of rotatable bonds is 0. The van der Waals surface area contributed by atoms with Crippen molar-refractivity contribution in [3.8, 4) is 0 Å². The Morgan fingerprint density at radius 1 is 1.08 bits per heavy atom. The topological polar surface area (TPSA) is 18.5 Å². The molecule has 12 heavy (non-hydrogen) atoms. The molecular formula is C6H10Hg2I2O2. The fourth-order valence-corrected chi connectivity index (χ4v) is 0.583. The molecule has 0 aromatic heterocycles. The molecule has 0 aromatic rings. The van der Waals surface area contributed by atoms with E-state index in [1.54, 1.807) is 0 Å². The maximum absolute atomic E-state index is 5.09. The summed E-state index contributed by atoms with van der Waals surface area (Å²) in [6.07, 6.45) is 0.0148. The Morgan fingerprint density at radius 3 is 1.83 bits per heavy atom. The summed E-state index contributed by atoms with van der Waals surface area (Å²) in [6, 6.07) is 0. The third-order valence-electron chi connectivity index (χ3n) is 1.04. The van der Waals surface area contributed by atoms with Crippen LogP contribution in [0.1, 0.15) is 0 Å². The van der Waals surface area contributed by atoms with Crippen LogP contribution in [0.15, 0.2) is 0 Å². The Balaban J connectivity index is -0.0000000800. The molecule has 1 saturated heterocycles. The summed E-state index contributed by atoms with van der Waals surface area (Å²) in [5.41, 5.74) is 0. The SMILES string of the molecule is [CH2+]C1COC([CH2-])CO1.[Hg+].[Hg+].[I-].[I-]. The summed E-state index contributed by atoms with van der Waals surface area (Å²) in [4.78, 5) is 0. The smallest absolute Gasteiger partial charge is 1.00 e. The van der Waals surface area contributed by atoms with Gasteiger partial charge in [-0.2, -0.15) is 0 Å². The normalized spacial score (nSPS) is 26.4. The molecule has 1 fully saturated rings. The molecule has 0 N–H and O–H groups in total. The number of hydrogen-bond donors (Lipinski definition) is 0. The van der Waals surface area contributed by atoms with Crippen molar-refractivity contribution < 1.29 is 113 Å². The summed E-state index contributed by atoms with van der Waals surface area (Å²) in [5.74, 6) is 0. The third kappa shape index (κ3) is 11.2. The van der Waals surface area contributed by atoms with E-state index in [0.717, 1.165) is 0 Å². The van der Waals surface area contributed by atoms with Crippen molar-refractivity contribution in [1.82, 2.24) is 0 Å². The second kappa shape index (κ2) is 14.1. The number of halogens is 2. The van der Waals surface area contributed by atoms with Crippen LogP contribution in [0.25, 0.3) is 0 Å². The molecule has 2 atom stereocenters. The Labute approximate surface area is 149 Å². The average molecular weight is 769 g/mol. The van der Waals surface area contributed by atoms with E-state index in [-0.39, 0.29) is 115 Å². The van der Waals surface area contributed by atoms with E-state index >= 15 is 0 Å². The van der Waals surface area contributed by atoms with E-state index in [4.69, 9.17) is 9.47 Å². The molecule has 0 aliphatic carbocycles. The minimum atomic E-state index is 0. The van der Waals surface area contributed by atoms with Crippen LogP contribution in [0.5, 0.6) is 0 Å². The number of hydrogen-bond acceptors (Lipinski definition) is 2. The van der Waals surface area contributed by atoms with Gasteiger partial charge < -0.3 is 64.4 Å². The summed E-state index contributed by atoms with van der Waals surface area (Å²) in [5, 5.41) is 0. The maximum atomic E-state index is 5.09. The van der Waals surface area contributed by atoms with Gasteiger partial charge in [0.1, 0.15) is 6.61 Å². The molecule has 6 heteroatoms. The molecule has 0 bridgehead atoms. The van der Waals surface area contributed by atoms with Gasteiger partial charge in [0.2, 0.25) is 6.10 Å². The second-order valence-electron chi connectivity index (χ2n) is 1.91. The van der Waals surface area contributed by atoms with Crippen LogP contribution in [0.4, 0.5) is 0 Å². The van der Waals surface area contributed by atoms with Gasteiger partial charge in [-0.1, -0.05) is 0 Å². The van der Waals surface area contributed by atoms with E-state index in [1.807, 2.05) is 0 Å². The van der Waals surface area contributed by atoms with Gasteiger partial charge >= 0.3 is 55.3 Å². The Hall–Kier alpha value is 3.12. The molecule has 0 amide bonds. The van der Waals surface area contributed by atoms with Crippen LogP contribution in [0.3, 0.4) is 0 Å². The summed E-state index contributed by atoms with van der Waals surface area (Å²) < 4.78 is 10.2. The third-order valence-corrected chi connectivity index (χ3v) is 1.04. The van der Waals surface area contributed by atoms with Crippen LogP contribution in [0.2, 0.25) is 0 Å². The van der Waals surface area contributed by atoms with Crippen molar-refractivity contribution in [3.63, 3.8) is 0 Å². The van der Waals surface area contributed by atoms with Crippen LogP contribution in [-0.4, -0.2) is 25.4 Å². The van der Waals surface area contributed by atoms with Crippen LogP contribution in [0, 0.1) is 13.8 Å². The first-order valence-electron chi connectivity index (χ1n) is 2.68. The molecule has 1 aliphatic rings. The van der Waals surface area contributed by atoms with E-state index in [9.17, 15) is 0 Å². The van der Waals surface area contributed by atoms with Gasteiger partial charge in [-0.05, 0) is 6.10 Å². The summed E-state index contributed by atoms with van der Waals surface area (Å²) in [6.45, 7) is 8.47. The fraction of sp³-hybridized carbons (Fsp3) is 0.667. The monoisotopic (exact) mass is 772 g/mol. The Kier molecular flexibility index (Phi) is 28.7. The standard InChI is InChI=1S/C6H10O2.2Hg.2HI/c1-5-3-8-6(2)4-7-5;;;;/h5-6H,1-4H2;;;2*1H/q;2*+1;;/p-2. The predicted molar refractivity (Wildman–Crippen MR) is 30.2 cm³/mol. The minimum Gasteiger partial charge on any atom is -1.00 e. The quantitative estimate of drug-likeness (QED) is 0.139.